The lowest BCUT2D eigenvalue weighted by molar-refractivity contribution is 0.547. The van der Waals surface area contributed by atoms with E-state index in [1.165, 1.54) is 6.08 Å². The average molecular weight is 302 g/mol. The van der Waals surface area contributed by atoms with Gasteiger partial charge in [0.15, 0.2) is 11.7 Å². The van der Waals surface area contributed by atoms with Crippen molar-refractivity contribution in [2.45, 2.75) is 41.5 Å². The van der Waals surface area contributed by atoms with Crippen LogP contribution in [0, 0.1) is 0 Å². The molecule has 0 rings (SSSR count). The van der Waals surface area contributed by atoms with Crippen LogP contribution in [-0.2, 0) is 0 Å². The molecule has 0 aliphatic rings. The van der Waals surface area contributed by atoms with Crippen molar-refractivity contribution in [1.29, 1.82) is 0 Å². The van der Waals surface area contributed by atoms with Gasteiger partial charge in [0.05, 0.1) is 0 Å². The van der Waals surface area contributed by atoms with Crippen molar-refractivity contribution >= 4 is 0 Å². The minimum Gasteiger partial charge on any atom is -0.207 e. The monoisotopic (exact) mass is 302 g/mol. The van der Waals surface area contributed by atoms with E-state index in [0.717, 1.165) is 12.2 Å². The van der Waals surface area contributed by atoms with Crippen molar-refractivity contribution in [3.8, 4) is 0 Å². The van der Waals surface area contributed by atoms with E-state index < -0.39 is 11.7 Å². The van der Waals surface area contributed by atoms with E-state index >= 15 is 0 Å². The van der Waals surface area contributed by atoms with Gasteiger partial charge < -0.3 is 0 Å². The fraction of sp³-hybridized carbons (Fsp3) is 0.333. The van der Waals surface area contributed by atoms with E-state index in [1.54, 1.807) is 13.8 Å². The first-order chi connectivity index (χ1) is 9.70. The smallest absolute Gasteiger partial charge is 0.158 e. The summed E-state index contributed by atoms with van der Waals surface area (Å²) in [7, 11) is 0. The van der Waals surface area contributed by atoms with Crippen LogP contribution in [0.1, 0.15) is 41.5 Å². The average Bonchev–Trinajstić information content (AvgIpc) is 2.42. The largest absolute Gasteiger partial charge is 0.207 e. The summed E-state index contributed by atoms with van der Waals surface area (Å²) >= 11 is 0. The van der Waals surface area contributed by atoms with Gasteiger partial charge in [0.1, 0.15) is 5.83 Å². The van der Waals surface area contributed by atoms with Gasteiger partial charge in [-0.05, 0) is 32.1 Å². The molecule has 0 heterocycles. The van der Waals surface area contributed by atoms with Gasteiger partial charge in [-0.2, -0.15) is 0 Å². The van der Waals surface area contributed by atoms with Gasteiger partial charge >= 0.3 is 0 Å². The molecule has 122 valence electrons. The lowest BCUT2D eigenvalue weighted by atomic mass is 10.3. The van der Waals surface area contributed by atoms with Crippen molar-refractivity contribution < 1.29 is 13.2 Å². The molecule has 0 saturated heterocycles. The predicted octanol–water partition coefficient (Wildman–Crippen LogP) is 7.55. The maximum absolute atomic E-state index is 12.1. The highest BCUT2D eigenvalue weighted by Crippen LogP contribution is 2.11. The van der Waals surface area contributed by atoms with E-state index in [2.05, 4.69) is 26.3 Å². The molecule has 0 saturated carbocycles. The van der Waals surface area contributed by atoms with E-state index in [0.29, 0.717) is 11.1 Å². The molecule has 0 spiro atoms. The van der Waals surface area contributed by atoms with E-state index in [-0.39, 0.29) is 5.83 Å². The van der Waals surface area contributed by atoms with Crippen LogP contribution in [0.5, 0.6) is 0 Å². The Balaban J connectivity index is -0.000000111. The third-order valence-electron chi connectivity index (χ3n) is 1.21. The zero-order valence-electron chi connectivity index (χ0n) is 14.2. The first kappa shape index (κ1) is 27.6. The van der Waals surface area contributed by atoms with E-state index in [4.69, 9.17) is 0 Å². The van der Waals surface area contributed by atoms with Crippen LogP contribution < -0.4 is 0 Å². The summed E-state index contributed by atoms with van der Waals surface area (Å²) in [4.78, 5) is 0. The molecule has 0 bridgehead atoms. The summed E-state index contributed by atoms with van der Waals surface area (Å²) in [5.74, 6) is -2.35. The van der Waals surface area contributed by atoms with Crippen LogP contribution in [0.15, 0.2) is 73.2 Å². The third kappa shape index (κ3) is 32.1. The Bertz CT molecular complexity index is 372. The van der Waals surface area contributed by atoms with Crippen LogP contribution >= 0.6 is 0 Å². The fourth-order valence-electron chi connectivity index (χ4n) is 0.589. The van der Waals surface area contributed by atoms with Gasteiger partial charge in [-0.15, -0.1) is 0 Å². The Morgan fingerprint density at radius 1 is 0.762 bits per heavy atom. The lowest BCUT2D eigenvalue weighted by Crippen LogP contribution is -1.72. The zero-order valence-corrected chi connectivity index (χ0v) is 14.2. The lowest BCUT2D eigenvalue weighted by Gasteiger charge is -1.88. The molecule has 0 aliphatic carbocycles. The molecule has 0 radical (unpaired) electrons. The maximum Gasteiger partial charge on any atom is 0.158 e. The molecule has 0 unspecified atom stereocenters. The van der Waals surface area contributed by atoms with Crippen molar-refractivity contribution in [2.24, 2.45) is 0 Å². The second-order valence-corrected chi connectivity index (χ2v) is 3.32. The number of halogens is 3. The van der Waals surface area contributed by atoms with Crippen LogP contribution in [-0.4, -0.2) is 0 Å². The standard InChI is InChI=1S/C7H8F2.C7H9F.2C2H6/c1-5(2)4-7(9)6(3)8;1-4-7(8)5-6(2)3;2*1-2/h4H,1,3H2,2H3;4-5H,1-2H2,3H3;2*1-2H3/b7-4+;7-5+;;. The Kier molecular flexibility index (Phi) is 27.0. The highest BCUT2D eigenvalue weighted by atomic mass is 19.2. The highest BCUT2D eigenvalue weighted by Gasteiger charge is 1.96. The van der Waals surface area contributed by atoms with Gasteiger partial charge in [-0.25, -0.2) is 13.2 Å². The number of hydrogen-bond donors (Lipinski definition) is 0. The van der Waals surface area contributed by atoms with Gasteiger partial charge in [0.2, 0.25) is 0 Å². The van der Waals surface area contributed by atoms with Crippen LogP contribution in [0.25, 0.3) is 0 Å². The molecule has 3 heteroatoms. The maximum atomic E-state index is 12.1. The molecule has 0 aromatic carbocycles. The molecule has 0 atom stereocenters. The Morgan fingerprint density at radius 2 is 1.10 bits per heavy atom. The molecular formula is C18H29F3. The zero-order chi connectivity index (χ0) is 18.0. The molecule has 0 amide bonds. The van der Waals surface area contributed by atoms with Crippen molar-refractivity contribution in [1.82, 2.24) is 0 Å². The van der Waals surface area contributed by atoms with Gasteiger partial charge in [-0.3, -0.25) is 0 Å². The minimum atomic E-state index is -1.06. The Hall–Kier alpha value is -1.77. The quantitative estimate of drug-likeness (QED) is 0.470. The topological polar surface area (TPSA) is 0 Å². The summed E-state index contributed by atoms with van der Waals surface area (Å²) in [6.45, 7) is 24.1. The molecule has 0 N–H and O–H groups in total. The van der Waals surface area contributed by atoms with Crippen LogP contribution in [0.4, 0.5) is 13.2 Å². The SMILES string of the molecule is C=C(C)/C=C(/F)C(=C)F.C=C/C(F)=C\C(=C)C.CC.CC. The highest BCUT2D eigenvalue weighted by molar-refractivity contribution is 5.24. The normalized spacial score (nSPS) is 9.57. The Labute approximate surface area is 128 Å². The molecular weight excluding hydrogens is 273 g/mol. The summed E-state index contributed by atoms with van der Waals surface area (Å²) in [6.07, 6.45) is 3.46. The second-order valence-electron chi connectivity index (χ2n) is 3.32. The van der Waals surface area contributed by atoms with Crippen LogP contribution in [0.2, 0.25) is 0 Å². The van der Waals surface area contributed by atoms with Gasteiger partial charge in [-0.1, -0.05) is 65.2 Å². The number of rotatable bonds is 4. The predicted molar refractivity (Wildman–Crippen MR) is 91.2 cm³/mol. The van der Waals surface area contributed by atoms with Crippen molar-refractivity contribution in [3.63, 3.8) is 0 Å². The van der Waals surface area contributed by atoms with E-state index in [1.807, 2.05) is 27.7 Å². The minimum absolute atomic E-state index is 0.336. The number of allylic oxidation sites excluding steroid dienone is 8. The van der Waals surface area contributed by atoms with Gasteiger partial charge in [0.25, 0.3) is 0 Å². The summed E-state index contributed by atoms with van der Waals surface area (Å²) < 4.78 is 35.9. The summed E-state index contributed by atoms with van der Waals surface area (Å²) in [5, 5.41) is 0. The van der Waals surface area contributed by atoms with Gasteiger partial charge in [0, 0.05) is 0 Å². The molecule has 0 fully saturated rings. The number of hydrogen-bond acceptors (Lipinski definition) is 0. The van der Waals surface area contributed by atoms with Crippen LogP contribution in [0.3, 0.4) is 0 Å². The van der Waals surface area contributed by atoms with Crippen molar-refractivity contribution in [3.05, 3.63) is 73.2 Å². The summed E-state index contributed by atoms with van der Waals surface area (Å²) in [6, 6.07) is 0. The molecule has 0 aliphatic heterocycles. The first-order valence-electron chi connectivity index (χ1n) is 6.73. The second kappa shape index (κ2) is 20.5. The van der Waals surface area contributed by atoms with Crippen molar-refractivity contribution in [2.75, 3.05) is 0 Å². The first-order valence-corrected chi connectivity index (χ1v) is 6.73. The molecule has 0 nitrogen and oxygen atoms in total. The molecule has 21 heavy (non-hydrogen) atoms. The Morgan fingerprint density at radius 3 is 1.19 bits per heavy atom. The third-order valence-corrected chi connectivity index (χ3v) is 1.21. The molecule has 0 aromatic rings. The fourth-order valence-corrected chi connectivity index (χ4v) is 0.589. The molecule has 0 aromatic heterocycles. The summed E-state index contributed by atoms with van der Waals surface area (Å²) in [5.41, 5.74) is 1.16. The van der Waals surface area contributed by atoms with E-state index in [9.17, 15) is 13.2 Å².